The Morgan fingerprint density at radius 3 is 2.20 bits per heavy atom. The quantitative estimate of drug-likeness (QED) is 0.927. The zero-order chi connectivity index (χ0) is 14.8. The second-order valence-electron chi connectivity index (χ2n) is 3.93. The maximum absolute atomic E-state index is 12.2. The van der Waals surface area contributed by atoms with Crippen LogP contribution < -0.4 is 4.74 Å². The van der Waals surface area contributed by atoms with Crippen LogP contribution >= 0.6 is 0 Å². The predicted molar refractivity (Wildman–Crippen MR) is 65.5 cm³/mol. The Kier molecular flexibility index (Phi) is 3.65. The molecule has 0 aromatic heterocycles. The molecule has 20 heavy (non-hydrogen) atoms. The summed E-state index contributed by atoms with van der Waals surface area (Å²) < 4.78 is 40.3. The lowest BCUT2D eigenvalue weighted by molar-refractivity contribution is -0.274. The van der Waals surface area contributed by atoms with Crippen LogP contribution in [0.15, 0.2) is 48.5 Å². The van der Waals surface area contributed by atoms with Crippen molar-refractivity contribution in [1.29, 1.82) is 0 Å². The Bertz CT molecular complexity index is 621. The molecule has 0 aliphatic carbocycles. The first-order valence-corrected chi connectivity index (χ1v) is 5.55. The molecule has 0 aliphatic rings. The molecule has 0 atom stereocenters. The third-order valence-electron chi connectivity index (χ3n) is 2.54. The summed E-state index contributed by atoms with van der Waals surface area (Å²) in [7, 11) is 0. The molecule has 2 aromatic rings. The average Bonchev–Trinajstić information content (AvgIpc) is 2.38. The van der Waals surface area contributed by atoms with Gasteiger partial charge >= 0.3 is 12.3 Å². The van der Waals surface area contributed by atoms with E-state index < -0.39 is 23.6 Å². The molecule has 0 heterocycles. The molecule has 0 spiro atoms. The highest BCUT2D eigenvalue weighted by Crippen LogP contribution is 2.30. The van der Waals surface area contributed by atoms with Gasteiger partial charge in [-0.2, -0.15) is 0 Å². The van der Waals surface area contributed by atoms with Gasteiger partial charge in [-0.25, -0.2) is 4.79 Å². The Labute approximate surface area is 112 Å². The maximum Gasteiger partial charge on any atom is 0.573 e. The number of benzene rings is 2. The molecular weight excluding hydrogens is 273 g/mol. The van der Waals surface area contributed by atoms with Gasteiger partial charge < -0.3 is 9.84 Å². The van der Waals surface area contributed by atoms with Crippen molar-refractivity contribution in [1.82, 2.24) is 0 Å². The van der Waals surface area contributed by atoms with E-state index in [1.165, 1.54) is 6.07 Å². The van der Waals surface area contributed by atoms with E-state index in [0.29, 0.717) is 11.1 Å². The fourth-order valence-corrected chi connectivity index (χ4v) is 1.72. The highest BCUT2D eigenvalue weighted by atomic mass is 19.4. The maximum atomic E-state index is 12.2. The van der Waals surface area contributed by atoms with Crippen LogP contribution in [0.2, 0.25) is 0 Å². The standard InChI is InChI=1S/C14H9F3O3/c15-14(16,17)20-12-7-6-10(8-11(12)13(18)19)9-4-2-1-3-5-9/h1-8H,(H,18,19). The van der Waals surface area contributed by atoms with E-state index >= 15 is 0 Å². The Morgan fingerprint density at radius 1 is 1.00 bits per heavy atom. The lowest BCUT2D eigenvalue weighted by atomic mass is 10.0. The SMILES string of the molecule is O=C(O)c1cc(-c2ccccc2)ccc1OC(F)(F)F. The van der Waals surface area contributed by atoms with E-state index in [-0.39, 0.29) is 0 Å². The number of hydrogen-bond donors (Lipinski definition) is 1. The smallest absolute Gasteiger partial charge is 0.478 e. The lowest BCUT2D eigenvalue weighted by Crippen LogP contribution is -2.19. The van der Waals surface area contributed by atoms with Crippen LogP contribution in [0, 0.1) is 0 Å². The van der Waals surface area contributed by atoms with Crippen molar-refractivity contribution in [2.75, 3.05) is 0 Å². The molecule has 1 N–H and O–H groups in total. The summed E-state index contributed by atoms with van der Waals surface area (Å²) in [4.78, 5) is 11.0. The molecule has 3 nitrogen and oxygen atoms in total. The van der Waals surface area contributed by atoms with E-state index in [1.807, 2.05) is 0 Å². The van der Waals surface area contributed by atoms with Crippen LogP contribution in [0.4, 0.5) is 13.2 Å². The van der Waals surface area contributed by atoms with Gasteiger partial charge in [0.1, 0.15) is 11.3 Å². The molecule has 0 radical (unpaired) electrons. The number of rotatable bonds is 3. The predicted octanol–water partition coefficient (Wildman–Crippen LogP) is 3.95. The van der Waals surface area contributed by atoms with Gasteiger partial charge in [0.25, 0.3) is 0 Å². The van der Waals surface area contributed by atoms with Crippen LogP contribution in [0.5, 0.6) is 5.75 Å². The Morgan fingerprint density at radius 2 is 1.65 bits per heavy atom. The topological polar surface area (TPSA) is 46.5 Å². The summed E-state index contributed by atoms with van der Waals surface area (Å²) in [5.41, 5.74) is 0.662. The van der Waals surface area contributed by atoms with Gasteiger partial charge in [-0.05, 0) is 23.3 Å². The third kappa shape index (κ3) is 3.28. The molecule has 0 fully saturated rings. The summed E-state index contributed by atoms with van der Waals surface area (Å²) in [6, 6.07) is 12.3. The van der Waals surface area contributed by atoms with Gasteiger partial charge in [-0.1, -0.05) is 36.4 Å². The van der Waals surface area contributed by atoms with E-state index in [0.717, 1.165) is 12.1 Å². The summed E-state index contributed by atoms with van der Waals surface area (Å²) in [5.74, 6) is -2.22. The van der Waals surface area contributed by atoms with E-state index in [9.17, 15) is 18.0 Å². The van der Waals surface area contributed by atoms with Crippen LogP contribution in [0.1, 0.15) is 10.4 Å². The molecule has 0 aliphatic heterocycles. The Balaban J connectivity index is 2.46. The number of alkyl halides is 3. The minimum atomic E-state index is -4.93. The Hall–Kier alpha value is -2.50. The molecule has 6 heteroatoms. The second kappa shape index (κ2) is 5.24. The number of halogens is 3. The fourth-order valence-electron chi connectivity index (χ4n) is 1.72. The van der Waals surface area contributed by atoms with Gasteiger partial charge in [0.2, 0.25) is 0 Å². The van der Waals surface area contributed by atoms with Gasteiger partial charge in [0.05, 0.1) is 0 Å². The molecule has 2 aromatic carbocycles. The van der Waals surface area contributed by atoms with Crippen LogP contribution in [-0.2, 0) is 0 Å². The number of carboxylic acid groups (broad SMARTS) is 1. The first-order chi connectivity index (χ1) is 9.37. The molecule has 0 saturated carbocycles. The van der Waals surface area contributed by atoms with Crippen molar-refractivity contribution in [3.05, 3.63) is 54.1 Å². The van der Waals surface area contributed by atoms with Crippen LogP contribution in [0.25, 0.3) is 11.1 Å². The minimum absolute atomic E-state index is 0.498. The zero-order valence-electron chi connectivity index (χ0n) is 10.0. The number of hydrogen-bond acceptors (Lipinski definition) is 2. The summed E-state index contributed by atoms with van der Waals surface area (Å²) >= 11 is 0. The van der Waals surface area contributed by atoms with E-state index in [2.05, 4.69) is 4.74 Å². The molecule has 0 saturated heterocycles. The minimum Gasteiger partial charge on any atom is -0.478 e. The van der Waals surface area contributed by atoms with Gasteiger partial charge in [-0.15, -0.1) is 13.2 Å². The number of aromatic carboxylic acids is 1. The monoisotopic (exact) mass is 282 g/mol. The second-order valence-corrected chi connectivity index (χ2v) is 3.93. The normalized spacial score (nSPS) is 11.2. The third-order valence-corrected chi connectivity index (χ3v) is 2.54. The molecule has 0 bridgehead atoms. The van der Waals surface area contributed by atoms with Crippen LogP contribution in [0.3, 0.4) is 0 Å². The first kappa shape index (κ1) is 13.9. The highest BCUT2D eigenvalue weighted by Gasteiger charge is 2.33. The van der Waals surface area contributed by atoms with E-state index in [1.54, 1.807) is 30.3 Å². The molecule has 0 unspecified atom stereocenters. The van der Waals surface area contributed by atoms with Crippen molar-refractivity contribution < 1.29 is 27.8 Å². The van der Waals surface area contributed by atoms with Gasteiger partial charge in [0.15, 0.2) is 0 Å². The van der Waals surface area contributed by atoms with Crippen molar-refractivity contribution in [2.45, 2.75) is 6.36 Å². The van der Waals surface area contributed by atoms with Crippen LogP contribution in [-0.4, -0.2) is 17.4 Å². The molecule has 2 rings (SSSR count). The van der Waals surface area contributed by atoms with E-state index in [4.69, 9.17) is 5.11 Å². The summed E-state index contributed by atoms with van der Waals surface area (Å²) in [5, 5.41) is 8.99. The number of carboxylic acids is 1. The first-order valence-electron chi connectivity index (χ1n) is 5.55. The molecule has 104 valence electrons. The lowest BCUT2D eigenvalue weighted by Gasteiger charge is -2.12. The highest BCUT2D eigenvalue weighted by molar-refractivity contribution is 5.92. The largest absolute Gasteiger partial charge is 0.573 e. The molecular formula is C14H9F3O3. The van der Waals surface area contributed by atoms with Crippen molar-refractivity contribution in [3.8, 4) is 16.9 Å². The van der Waals surface area contributed by atoms with Gasteiger partial charge in [0, 0.05) is 0 Å². The average molecular weight is 282 g/mol. The van der Waals surface area contributed by atoms with Crippen molar-refractivity contribution in [2.24, 2.45) is 0 Å². The summed E-state index contributed by atoms with van der Waals surface area (Å²) in [6.07, 6.45) is -4.93. The number of carbonyl (C=O) groups is 1. The van der Waals surface area contributed by atoms with Gasteiger partial charge in [-0.3, -0.25) is 0 Å². The van der Waals surface area contributed by atoms with Crippen molar-refractivity contribution >= 4 is 5.97 Å². The molecule has 0 amide bonds. The van der Waals surface area contributed by atoms with Crippen molar-refractivity contribution in [3.63, 3.8) is 0 Å². The fraction of sp³-hybridized carbons (Fsp3) is 0.0714. The number of ether oxygens (including phenoxy) is 1. The zero-order valence-corrected chi connectivity index (χ0v) is 10.0. The summed E-state index contributed by atoms with van der Waals surface area (Å²) in [6.45, 7) is 0.